The molecule has 3 nitrogen and oxygen atoms in total. The molecule has 0 fully saturated rings. The summed E-state index contributed by atoms with van der Waals surface area (Å²) in [6.45, 7) is 0. The van der Waals surface area contributed by atoms with Crippen LogP contribution in [0.1, 0.15) is 0 Å². The highest BCUT2D eigenvalue weighted by Crippen LogP contribution is 2.40. The summed E-state index contributed by atoms with van der Waals surface area (Å²) in [4.78, 5) is 15.8. The minimum absolute atomic E-state index is 0.686. The van der Waals surface area contributed by atoms with Crippen LogP contribution in [0.15, 0.2) is 249 Å². The molecule has 0 aliphatic rings. The molecule has 308 valence electrons. The summed E-state index contributed by atoms with van der Waals surface area (Å²) in [6, 6.07) is 88.2. The summed E-state index contributed by atoms with van der Waals surface area (Å²) in [7, 11) is 0. The number of pyridine rings is 1. The predicted octanol–water partition coefficient (Wildman–Crippen LogP) is 16.7. The summed E-state index contributed by atoms with van der Waals surface area (Å²) < 4.78 is 0. The zero-order chi connectivity index (χ0) is 43.8. The SMILES string of the molecule is c1ccc(-c2ccc(-c3cc(-c4ccc(-c5ccccc5)cc4)nc(-c4ccc(-c5ccc(-c6cc(-c7ccccc7)nc7ccc8ccccc8c67)cc5)c5ccccc45)n3)cc2)cc1. The molecule has 0 aliphatic carbocycles. The van der Waals surface area contributed by atoms with E-state index in [0.717, 1.165) is 77.7 Å². The maximum Gasteiger partial charge on any atom is 0.161 e. The van der Waals surface area contributed by atoms with Crippen molar-refractivity contribution >= 4 is 32.4 Å². The zero-order valence-corrected chi connectivity index (χ0v) is 36.0. The van der Waals surface area contributed by atoms with E-state index in [-0.39, 0.29) is 0 Å². The van der Waals surface area contributed by atoms with Crippen molar-refractivity contribution in [3.05, 3.63) is 249 Å². The van der Waals surface area contributed by atoms with E-state index in [1.807, 2.05) is 18.2 Å². The lowest BCUT2D eigenvalue weighted by Gasteiger charge is -2.15. The topological polar surface area (TPSA) is 38.7 Å². The molecular formula is C63H41N3. The summed E-state index contributed by atoms with van der Waals surface area (Å²) in [5.41, 5.74) is 17.1. The van der Waals surface area contributed by atoms with E-state index in [4.69, 9.17) is 15.0 Å². The van der Waals surface area contributed by atoms with Gasteiger partial charge in [-0.15, -0.1) is 0 Å². The van der Waals surface area contributed by atoms with E-state index in [0.29, 0.717) is 5.82 Å². The maximum absolute atomic E-state index is 5.32. The Morgan fingerprint density at radius 2 is 0.621 bits per heavy atom. The Bertz CT molecular complexity index is 3600. The molecule has 0 amide bonds. The number of rotatable bonds is 8. The lowest BCUT2D eigenvalue weighted by molar-refractivity contribution is 1.19. The molecule has 0 saturated heterocycles. The van der Waals surface area contributed by atoms with Gasteiger partial charge < -0.3 is 0 Å². The van der Waals surface area contributed by atoms with E-state index >= 15 is 0 Å². The average Bonchev–Trinajstić information content (AvgIpc) is 3.41. The third-order valence-corrected chi connectivity index (χ3v) is 12.7. The minimum atomic E-state index is 0.686. The van der Waals surface area contributed by atoms with Gasteiger partial charge >= 0.3 is 0 Å². The fourth-order valence-electron chi connectivity index (χ4n) is 9.36. The molecule has 0 aliphatic heterocycles. The minimum Gasteiger partial charge on any atom is -0.248 e. The van der Waals surface area contributed by atoms with Gasteiger partial charge in [-0.3, -0.25) is 0 Å². The van der Waals surface area contributed by atoms with Crippen molar-refractivity contribution in [3.8, 4) is 89.7 Å². The Hall–Kier alpha value is -8.79. The monoisotopic (exact) mass is 839 g/mol. The molecular weight excluding hydrogens is 799 g/mol. The van der Waals surface area contributed by atoms with Crippen molar-refractivity contribution in [3.63, 3.8) is 0 Å². The van der Waals surface area contributed by atoms with Gasteiger partial charge in [-0.05, 0) is 90.3 Å². The number of hydrogen-bond acceptors (Lipinski definition) is 3. The molecule has 0 spiro atoms. The van der Waals surface area contributed by atoms with Gasteiger partial charge in [0.1, 0.15) is 0 Å². The molecule has 12 aromatic rings. The van der Waals surface area contributed by atoms with Crippen molar-refractivity contribution in [1.82, 2.24) is 15.0 Å². The van der Waals surface area contributed by atoms with Gasteiger partial charge in [0, 0.05) is 27.6 Å². The number of nitrogens with zero attached hydrogens (tertiary/aromatic N) is 3. The van der Waals surface area contributed by atoms with Crippen LogP contribution in [0, 0.1) is 0 Å². The van der Waals surface area contributed by atoms with Crippen molar-refractivity contribution < 1.29 is 0 Å². The fourth-order valence-corrected chi connectivity index (χ4v) is 9.36. The zero-order valence-electron chi connectivity index (χ0n) is 36.0. The van der Waals surface area contributed by atoms with Gasteiger partial charge in [-0.1, -0.05) is 224 Å². The first-order valence-corrected chi connectivity index (χ1v) is 22.4. The van der Waals surface area contributed by atoms with Crippen LogP contribution < -0.4 is 0 Å². The Labute approximate surface area is 384 Å². The third-order valence-electron chi connectivity index (χ3n) is 12.7. The van der Waals surface area contributed by atoms with Gasteiger partial charge in [0.05, 0.1) is 22.6 Å². The molecule has 2 heterocycles. The smallest absolute Gasteiger partial charge is 0.161 e. The fraction of sp³-hybridized carbons (Fsp3) is 0. The van der Waals surface area contributed by atoms with E-state index in [2.05, 4.69) is 231 Å². The molecule has 0 bridgehead atoms. The molecule has 0 unspecified atom stereocenters. The van der Waals surface area contributed by atoms with Crippen LogP contribution in [0.2, 0.25) is 0 Å². The van der Waals surface area contributed by atoms with Gasteiger partial charge in [0.25, 0.3) is 0 Å². The molecule has 0 N–H and O–H groups in total. The summed E-state index contributed by atoms with van der Waals surface area (Å²) in [5.74, 6) is 0.686. The molecule has 2 aromatic heterocycles. The van der Waals surface area contributed by atoms with Crippen LogP contribution in [-0.2, 0) is 0 Å². The highest BCUT2D eigenvalue weighted by molar-refractivity contribution is 6.14. The first kappa shape index (κ1) is 38.9. The van der Waals surface area contributed by atoms with Crippen LogP contribution >= 0.6 is 0 Å². The van der Waals surface area contributed by atoms with Gasteiger partial charge in [-0.25, -0.2) is 15.0 Å². The lowest BCUT2D eigenvalue weighted by Crippen LogP contribution is -1.97. The van der Waals surface area contributed by atoms with Crippen molar-refractivity contribution in [2.45, 2.75) is 0 Å². The predicted molar refractivity (Wildman–Crippen MR) is 276 cm³/mol. The second-order valence-corrected chi connectivity index (χ2v) is 16.7. The standard InChI is InChI=1S/C63H41N3/c1-4-14-42(15-5-1)44-24-32-50(33-25-44)60-41-61(51-34-26-45(27-35-51)43-16-6-2-7-17-43)66-63(65-60)56-38-37-52(54-22-12-13-23-55(54)56)47-28-30-48(31-29-47)57-40-59(49-19-8-3-9-20-49)64-58-39-36-46-18-10-11-21-53(46)62(57)58/h1-41H. The highest BCUT2D eigenvalue weighted by atomic mass is 14.9. The Balaban J connectivity index is 0.958. The third kappa shape index (κ3) is 7.29. The van der Waals surface area contributed by atoms with Crippen LogP contribution in [0.5, 0.6) is 0 Å². The van der Waals surface area contributed by atoms with Crippen LogP contribution in [-0.4, -0.2) is 15.0 Å². The van der Waals surface area contributed by atoms with E-state index in [9.17, 15) is 0 Å². The van der Waals surface area contributed by atoms with Crippen molar-refractivity contribution in [1.29, 1.82) is 0 Å². The van der Waals surface area contributed by atoms with Crippen molar-refractivity contribution in [2.24, 2.45) is 0 Å². The van der Waals surface area contributed by atoms with Crippen LogP contribution in [0.3, 0.4) is 0 Å². The van der Waals surface area contributed by atoms with E-state index < -0.39 is 0 Å². The first-order chi connectivity index (χ1) is 32.7. The average molecular weight is 840 g/mol. The quantitative estimate of drug-likeness (QED) is 0.143. The number of benzene rings is 10. The van der Waals surface area contributed by atoms with Gasteiger partial charge in [0.15, 0.2) is 5.82 Å². The Morgan fingerprint density at radius 3 is 1.20 bits per heavy atom. The van der Waals surface area contributed by atoms with E-state index in [1.165, 1.54) is 38.6 Å². The second kappa shape index (κ2) is 16.7. The molecule has 0 atom stereocenters. The molecule has 66 heavy (non-hydrogen) atoms. The molecule has 0 saturated carbocycles. The largest absolute Gasteiger partial charge is 0.248 e. The van der Waals surface area contributed by atoms with Crippen molar-refractivity contribution in [2.75, 3.05) is 0 Å². The second-order valence-electron chi connectivity index (χ2n) is 16.7. The Kier molecular flexibility index (Phi) is 9.85. The Morgan fingerprint density at radius 1 is 0.227 bits per heavy atom. The molecule has 12 rings (SSSR count). The van der Waals surface area contributed by atoms with Gasteiger partial charge in [0.2, 0.25) is 0 Å². The molecule has 3 heteroatoms. The molecule has 10 aromatic carbocycles. The molecule has 0 radical (unpaired) electrons. The van der Waals surface area contributed by atoms with E-state index in [1.54, 1.807) is 0 Å². The number of hydrogen-bond donors (Lipinski definition) is 0. The number of fused-ring (bicyclic) bond motifs is 4. The maximum atomic E-state index is 5.32. The lowest BCUT2D eigenvalue weighted by atomic mass is 9.91. The van der Waals surface area contributed by atoms with Crippen LogP contribution in [0.4, 0.5) is 0 Å². The number of aromatic nitrogens is 3. The van der Waals surface area contributed by atoms with Crippen LogP contribution in [0.25, 0.3) is 122 Å². The highest BCUT2D eigenvalue weighted by Gasteiger charge is 2.17. The summed E-state index contributed by atoms with van der Waals surface area (Å²) >= 11 is 0. The normalized spacial score (nSPS) is 11.3. The summed E-state index contributed by atoms with van der Waals surface area (Å²) in [5, 5.41) is 5.80. The van der Waals surface area contributed by atoms with Gasteiger partial charge in [-0.2, -0.15) is 0 Å². The summed E-state index contributed by atoms with van der Waals surface area (Å²) in [6.07, 6.45) is 0. The first-order valence-electron chi connectivity index (χ1n) is 22.4.